The number of nitrogens with zero attached hydrogens (tertiary/aromatic N) is 4. The molecule has 1 aliphatic carbocycles. The van der Waals surface area contributed by atoms with Crippen LogP contribution in [0.3, 0.4) is 0 Å². The molecule has 0 N–H and O–H groups in total. The summed E-state index contributed by atoms with van der Waals surface area (Å²) in [5, 5.41) is 8.89. The van der Waals surface area contributed by atoms with E-state index >= 15 is 0 Å². The lowest BCUT2D eigenvalue weighted by Gasteiger charge is -2.34. The van der Waals surface area contributed by atoms with Crippen LogP contribution in [0.5, 0.6) is 5.75 Å². The standard InChI is InChI=1S/C88H54N4O2/c1-6-21-53(22-7-1)56-37-43-73-69(50-56)80-76(89(73)59-26-10-3-11-27-59)46-40-65-66-41-47-78-81(86(66)93-85(65)80)70-51-57(54-23-8-2-9-24-54)38-44-75(70)91(78)62-32-20-25-55(49-62)58-39-45-74-71(52-58)82-77(90(74)60-28-12-4-13-29-60)48-42-68-79-63-33-16-17-34-64(63)84-83(88(79)94-87(68)82)67-35-18-19-36-72(67)92(84)61-30-14-5-15-31-61/h1-52,79,84H. The minimum atomic E-state index is -0.0768. The Kier molecular flexibility index (Phi) is 10.7. The predicted octanol–water partition coefficient (Wildman–Crippen LogP) is 23.0. The maximum Gasteiger partial charge on any atom is 0.145 e. The first-order valence-corrected chi connectivity index (χ1v) is 32.5. The van der Waals surface area contributed by atoms with Crippen LogP contribution in [-0.4, -0.2) is 13.7 Å². The van der Waals surface area contributed by atoms with E-state index in [1.165, 1.54) is 39.1 Å². The number of anilines is 2. The summed E-state index contributed by atoms with van der Waals surface area (Å²) in [5.74, 6) is 1.87. The summed E-state index contributed by atoms with van der Waals surface area (Å²) < 4.78 is 22.5. The minimum absolute atomic E-state index is 0.0542. The lowest BCUT2D eigenvalue weighted by Crippen LogP contribution is -2.25. The molecule has 18 aromatic rings. The van der Waals surface area contributed by atoms with Gasteiger partial charge in [0, 0.05) is 72.1 Å². The SMILES string of the molecule is c1ccc(-c2ccc3c(c2)c2c4oc5c(ccc6c5c5cc(-c7ccccc7)ccc5n6-c5cccc(-c6ccc7c(c6)c6c8c(ccc6n7-c6ccccc6)C6C(=C7c9ccccc9N(c9ccccc9)C7c7ccccc76)O8)c5)c4ccc2n3-c2ccccc2)cc1. The fourth-order valence-corrected chi connectivity index (χ4v) is 16.6. The van der Waals surface area contributed by atoms with E-state index in [9.17, 15) is 0 Å². The quantitative estimate of drug-likeness (QED) is 0.160. The summed E-state index contributed by atoms with van der Waals surface area (Å²) in [6.45, 7) is 0. The molecule has 0 saturated carbocycles. The summed E-state index contributed by atoms with van der Waals surface area (Å²) >= 11 is 0. The smallest absolute Gasteiger partial charge is 0.145 e. The van der Waals surface area contributed by atoms with Crippen LogP contribution >= 0.6 is 0 Å². The fourth-order valence-electron chi connectivity index (χ4n) is 16.6. The van der Waals surface area contributed by atoms with Crippen LogP contribution in [0.2, 0.25) is 0 Å². The van der Waals surface area contributed by atoms with E-state index in [2.05, 4.69) is 334 Å². The van der Waals surface area contributed by atoms with Crippen molar-refractivity contribution in [3.63, 3.8) is 0 Å². The van der Waals surface area contributed by atoms with Gasteiger partial charge in [-0.05, 0) is 166 Å². The third kappa shape index (κ3) is 7.19. The van der Waals surface area contributed by atoms with Crippen LogP contribution in [-0.2, 0) is 0 Å². The van der Waals surface area contributed by atoms with Crippen molar-refractivity contribution in [1.29, 1.82) is 0 Å². The van der Waals surface area contributed by atoms with Crippen molar-refractivity contribution < 1.29 is 9.15 Å². The van der Waals surface area contributed by atoms with Crippen molar-refractivity contribution in [2.24, 2.45) is 0 Å². The normalized spacial score (nSPS) is 14.8. The van der Waals surface area contributed by atoms with Gasteiger partial charge in [0.05, 0.1) is 61.2 Å². The van der Waals surface area contributed by atoms with E-state index in [-0.39, 0.29) is 12.0 Å². The molecule has 438 valence electrons. The Hall–Kier alpha value is -12.4. The number of fused-ring (bicyclic) bond motifs is 24. The second-order valence-corrected chi connectivity index (χ2v) is 25.4. The van der Waals surface area contributed by atoms with Gasteiger partial charge in [-0.25, -0.2) is 0 Å². The van der Waals surface area contributed by atoms with E-state index < -0.39 is 0 Å². The van der Waals surface area contributed by atoms with Gasteiger partial charge in [-0.3, -0.25) is 0 Å². The van der Waals surface area contributed by atoms with Crippen molar-refractivity contribution in [3.05, 3.63) is 343 Å². The molecular weight excluding hydrogens is 1140 g/mol. The number of hydrogen-bond acceptors (Lipinski definition) is 3. The summed E-state index contributed by atoms with van der Waals surface area (Å²) in [5.41, 5.74) is 27.1. The van der Waals surface area contributed by atoms with Crippen LogP contribution in [0.4, 0.5) is 11.4 Å². The number of ether oxygens (including phenoxy) is 1. The molecule has 2 aliphatic heterocycles. The molecule has 0 bridgehead atoms. The second-order valence-electron chi connectivity index (χ2n) is 25.4. The van der Waals surface area contributed by atoms with Gasteiger partial charge in [-0.2, -0.15) is 0 Å². The Morgan fingerprint density at radius 1 is 0.277 bits per heavy atom. The van der Waals surface area contributed by atoms with Crippen LogP contribution in [0.25, 0.3) is 143 Å². The van der Waals surface area contributed by atoms with Crippen LogP contribution in [0.15, 0.2) is 326 Å². The molecule has 21 rings (SSSR count). The van der Waals surface area contributed by atoms with E-state index in [0.717, 1.165) is 149 Å². The molecule has 0 spiro atoms. The first-order valence-electron chi connectivity index (χ1n) is 32.5. The Bertz CT molecular complexity index is 6250. The van der Waals surface area contributed by atoms with Gasteiger partial charge in [0.2, 0.25) is 0 Å². The summed E-state index contributed by atoms with van der Waals surface area (Å²) in [4.78, 5) is 2.52. The van der Waals surface area contributed by atoms with Crippen LogP contribution in [0.1, 0.15) is 34.2 Å². The third-order valence-electron chi connectivity index (χ3n) is 20.5. The molecule has 6 heteroatoms. The van der Waals surface area contributed by atoms with Crippen LogP contribution < -0.4 is 9.64 Å². The molecular formula is C88H54N4O2. The first-order chi connectivity index (χ1) is 46.7. The Balaban J connectivity index is 0.767. The van der Waals surface area contributed by atoms with Crippen molar-refractivity contribution in [2.75, 3.05) is 4.90 Å². The fraction of sp³-hybridized carbons (Fsp3) is 0.0227. The van der Waals surface area contributed by atoms with Crippen molar-refractivity contribution in [1.82, 2.24) is 13.7 Å². The average Bonchev–Trinajstić information content (AvgIpc) is 1.53. The minimum Gasteiger partial charge on any atom is -0.459 e. The Labute approximate surface area is 540 Å². The Morgan fingerprint density at radius 3 is 1.29 bits per heavy atom. The molecule has 0 radical (unpaired) electrons. The second kappa shape index (κ2) is 19.6. The number of hydrogen-bond donors (Lipinski definition) is 0. The lowest BCUT2D eigenvalue weighted by molar-refractivity contribution is 0.437. The molecule has 2 unspecified atom stereocenters. The van der Waals surface area contributed by atoms with E-state index in [1.54, 1.807) is 0 Å². The van der Waals surface area contributed by atoms with Crippen molar-refractivity contribution >= 4 is 104 Å². The zero-order valence-electron chi connectivity index (χ0n) is 50.8. The number of furan rings is 1. The van der Waals surface area contributed by atoms with Gasteiger partial charge >= 0.3 is 0 Å². The molecule has 0 fully saturated rings. The highest BCUT2D eigenvalue weighted by atomic mass is 16.5. The molecule has 3 aliphatic rings. The molecule has 94 heavy (non-hydrogen) atoms. The van der Waals surface area contributed by atoms with E-state index in [1.807, 2.05) is 0 Å². The third-order valence-corrected chi connectivity index (χ3v) is 20.5. The first kappa shape index (κ1) is 51.4. The maximum absolute atomic E-state index is 7.68. The summed E-state index contributed by atoms with van der Waals surface area (Å²) in [6.07, 6.45) is 0. The monoisotopic (exact) mass is 1200 g/mol. The summed E-state index contributed by atoms with van der Waals surface area (Å²) in [7, 11) is 0. The summed E-state index contributed by atoms with van der Waals surface area (Å²) in [6, 6.07) is 115. The lowest BCUT2D eigenvalue weighted by atomic mass is 9.76. The molecule has 6 nitrogen and oxygen atoms in total. The Morgan fingerprint density at radius 2 is 0.702 bits per heavy atom. The van der Waals surface area contributed by atoms with Crippen LogP contribution in [0, 0.1) is 0 Å². The molecule has 2 atom stereocenters. The molecule has 4 aromatic heterocycles. The van der Waals surface area contributed by atoms with Gasteiger partial charge in [0.1, 0.15) is 22.7 Å². The predicted molar refractivity (Wildman–Crippen MR) is 387 cm³/mol. The number of allylic oxidation sites excluding steroid dienone is 1. The van der Waals surface area contributed by atoms with E-state index in [4.69, 9.17) is 9.15 Å². The molecule has 0 amide bonds. The number of aromatic nitrogens is 3. The highest BCUT2D eigenvalue weighted by molar-refractivity contribution is 6.29. The topological polar surface area (TPSA) is 40.4 Å². The van der Waals surface area contributed by atoms with Gasteiger partial charge in [-0.1, -0.05) is 194 Å². The average molecular weight is 1200 g/mol. The number of rotatable bonds is 7. The van der Waals surface area contributed by atoms with Gasteiger partial charge in [0.15, 0.2) is 0 Å². The highest BCUT2D eigenvalue weighted by Gasteiger charge is 2.49. The zero-order chi connectivity index (χ0) is 61.3. The van der Waals surface area contributed by atoms with Gasteiger partial charge in [-0.15, -0.1) is 0 Å². The maximum atomic E-state index is 7.68. The molecule has 14 aromatic carbocycles. The van der Waals surface area contributed by atoms with Gasteiger partial charge in [0.25, 0.3) is 0 Å². The number of para-hydroxylation sites is 4. The van der Waals surface area contributed by atoms with E-state index in [0.29, 0.717) is 0 Å². The largest absolute Gasteiger partial charge is 0.459 e. The molecule has 0 saturated heterocycles. The van der Waals surface area contributed by atoms with Gasteiger partial charge < -0.3 is 27.8 Å². The molecule has 6 heterocycles. The number of benzene rings is 14. The zero-order valence-corrected chi connectivity index (χ0v) is 50.8. The van der Waals surface area contributed by atoms with Crippen molar-refractivity contribution in [2.45, 2.75) is 12.0 Å². The highest BCUT2D eigenvalue weighted by Crippen LogP contribution is 2.63. The van der Waals surface area contributed by atoms with Crippen molar-refractivity contribution in [3.8, 4) is 56.2 Å².